The van der Waals surface area contributed by atoms with E-state index in [9.17, 15) is 4.79 Å². The Hall–Kier alpha value is -3.16. The summed E-state index contributed by atoms with van der Waals surface area (Å²) in [6.07, 6.45) is 9.67. The molecule has 1 atom stereocenters. The van der Waals surface area contributed by atoms with Gasteiger partial charge < -0.3 is 9.42 Å². The predicted octanol–water partition coefficient (Wildman–Crippen LogP) is 2.52. The van der Waals surface area contributed by atoms with Gasteiger partial charge in [0.1, 0.15) is 12.1 Å². The van der Waals surface area contributed by atoms with Crippen LogP contribution in [0.3, 0.4) is 0 Å². The fraction of sp³-hybridized carbons (Fsp3) is 0.333. The first-order valence-electron chi connectivity index (χ1n) is 8.46. The molecule has 26 heavy (non-hydrogen) atoms. The van der Waals surface area contributed by atoms with Crippen molar-refractivity contribution in [1.82, 2.24) is 30.0 Å². The van der Waals surface area contributed by atoms with Crippen LogP contribution in [0, 0.1) is 13.8 Å². The maximum absolute atomic E-state index is 12.8. The van der Waals surface area contributed by atoms with Crippen molar-refractivity contribution in [2.24, 2.45) is 0 Å². The minimum atomic E-state index is -0.115. The minimum Gasteiger partial charge on any atom is -0.361 e. The van der Waals surface area contributed by atoms with Crippen molar-refractivity contribution in [3.8, 4) is 11.3 Å². The third-order valence-corrected chi connectivity index (χ3v) is 4.61. The molecule has 8 heteroatoms. The Kier molecular flexibility index (Phi) is 4.16. The second-order valence-corrected chi connectivity index (χ2v) is 6.31. The highest BCUT2D eigenvalue weighted by molar-refractivity contribution is 5.94. The van der Waals surface area contributed by atoms with Gasteiger partial charge in [0.05, 0.1) is 46.6 Å². The van der Waals surface area contributed by atoms with E-state index in [2.05, 4.69) is 20.1 Å². The van der Waals surface area contributed by atoms with Crippen molar-refractivity contribution in [1.29, 1.82) is 0 Å². The summed E-state index contributed by atoms with van der Waals surface area (Å²) in [6.45, 7) is 4.40. The van der Waals surface area contributed by atoms with Gasteiger partial charge in [0.25, 0.3) is 5.91 Å². The van der Waals surface area contributed by atoms with Gasteiger partial charge >= 0.3 is 0 Å². The molecular weight excluding hydrogens is 332 g/mol. The summed E-state index contributed by atoms with van der Waals surface area (Å²) >= 11 is 0. The highest BCUT2D eigenvalue weighted by Crippen LogP contribution is 2.33. The van der Waals surface area contributed by atoms with E-state index >= 15 is 0 Å². The lowest BCUT2D eigenvalue weighted by molar-refractivity contribution is 0.0732. The first-order chi connectivity index (χ1) is 12.6. The van der Waals surface area contributed by atoms with Crippen LogP contribution in [-0.4, -0.2) is 42.4 Å². The molecule has 1 fully saturated rings. The molecule has 3 aromatic rings. The average molecular weight is 350 g/mol. The molecule has 0 aliphatic carbocycles. The Morgan fingerprint density at radius 2 is 1.96 bits per heavy atom. The van der Waals surface area contributed by atoms with E-state index in [-0.39, 0.29) is 11.9 Å². The fourth-order valence-corrected chi connectivity index (χ4v) is 3.40. The normalized spacial score (nSPS) is 16.8. The van der Waals surface area contributed by atoms with Gasteiger partial charge in [-0.1, -0.05) is 5.16 Å². The summed E-state index contributed by atoms with van der Waals surface area (Å²) in [6, 6.07) is -0.115. The Morgan fingerprint density at radius 3 is 2.69 bits per heavy atom. The van der Waals surface area contributed by atoms with Crippen LogP contribution < -0.4 is 0 Å². The number of aryl methyl sites for hydroxylation is 2. The minimum absolute atomic E-state index is 0.0855. The number of amides is 1. The molecule has 4 heterocycles. The van der Waals surface area contributed by atoms with Gasteiger partial charge in [0, 0.05) is 18.9 Å². The molecule has 132 valence electrons. The average Bonchev–Trinajstić information content (AvgIpc) is 3.29. The lowest BCUT2D eigenvalue weighted by Crippen LogP contribution is -2.31. The molecule has 0 bridgehead atoms. The highest BCUT2D eigenvalue weighted by atomic mass is 16.5. The van der Waals surface area contributed by atoms with E-state index in [1.165, 1.54) is 18.7 Å². The summed E-state index contributed by atoms with van der Waals surface area (Å²) in [5.74, 6) is 0.618. The third-order valence-electron chi connectivity index (χ3n) is 4.61. The van der Waals surface area contributed by atoms with Crippen molar-refractivity contribution in [3.63, 3.8) is 0 Å². The number of carbonyl (C=O) groups excluding carboxylic acids is 1. The van der Waals surface area contributed by atoms with E-state index < -0.39 is 0 Å². The third kappa shape index (κ3) is 2.83. The Morgan fingerprint density at radius 1 is 1.15 bits per heavy atom. The van der Waals surface area contributed by atoms with Crippen molar-refractivity contribution in [3.05, 3.63) is 53.8 Å². The van der Waals surface area contributed by atoms with Gasteiger partial charge in [0.2, 0.25) is 0 Å². The van der Waals surface area contributed by atoms with Crippen molar-refractivity contribution in [2.45, 2.75) is 32.7 Å². The number of rotatable bonds is 3. The van der Waals surface area contributed by atoms with E-state index in [4.69, 9.17) is 9.51 Å². The molecular formula is C18H18N6O2. The maximum Gasteiger partial charge on any atom is 0.257 e. The first-order valence-corrected chi connectivity index (χ1v) is 8.46. The molecule has 1 saturated heterocycles. The number of nitrogens with zero attached hydrogens (tertiary/aromatic N) is 6. The number of aromatic nitrogens is 5. The van der Waals surface area contributed by atoms with Gasteiger partial charge in [-0.25, -0.2) is 15.0 Å². The topological polar surface area (TPSA) is 97.9 Å². The molecule has 0 aromatic carbocycles. The zero-order valence-electron chi connectivity index (χ0n) is 14.6. The molecule has 1 aliphatic heterocycles. The van der Waals surface area contributed by atoms with Gasteiger partial charge in [-0.3, -0.25) is 9.78 Å². The molecule has 4 rings (SSSR count). The second kappa shape index (κ2) is 6.62. The van der Waals surface area contributed by atoms with Crippen LogP contribution in [0.15, 0.2) is 35.6 Å². The number of hydrogen-bond acceptors (Lipinski definition) is 7. The molecule has 1 unspecified atom stereocenters. The van der Waals surface area contributed by atoms with E-state index in [1.54, 1.807) is 12.4 Å². The Bertz CT molecular complexity index is 920. The van der Waals surface area contributed by atoms with E-state index in [0.717, 1.165) is 29.8 Å². The number of carbonyl (C=O) groups is 1. The van der Waals surface area contributed by atoms with Crippen LogP contribution in [0.2, 0.25) is 0 Å². The van der Waals surface area contributed by atoms with Gasteiger partial charge in [-0.15, -0.1) is 0 Å². The highest BCUT2D eigenvalue weighted by Gasteiger charge is 2.32. The molecule has 0 spiro atoms. The lowest BCUT2D eigenvalue weighted by atomic mass is 10.1. The molecule has 0 N–H and O–H groups in total. The molecule has 3 aromatic heterocycles. The zero-order valence-corrected chi connectivity index (χ0v) is 14.6. The SMILES string of the molecule is Cc1noc(C)c1-c1cncc(C2CCCN2C(=O)c2cncnc2)n1. The van der Waals surface area contributed by atoms with Crippen LogP contribution >= 0.6 is 0 Å². The Labute approximate surface area is 150 Å². The van der Waals surface area contributed by atoms with Crippen LogP contribution in [0.4, 0.5) is 0 Å². The van der Waals surface area contributed by atoms with Crippen LogP contribution in [0.1, 0.15) is 46.4 Å². The second-order valence-electron chi connectivity index (χ2n) is 6.31. The molecule has 1 aliphatic rings. The van der Waals surface area contributed by atoms with E-state index in [1.807, 2.05) is 18.7 Å². The van der Waals surface area contributed by atoms with Crippen molar-refractivity contribution >= 4 is 5.91 Å². The van der Waals surface area contributed by atoms with Crippen molar-refractivity contribution in [2.75, 3.05) is 6.54 Å². The van der Waals surface area contributed by atoms with E-state index in [0.29, 0.717) is 23.6 Å². The smallest absolute Gasteiger partial charge is 0.257 e. The number of hydrogen-bond donors (Lipinski definition) is 0. The van der Waals surface area contributed by atoms with Crippen LogP contribution in [0.5, 0.6) is 0 Å². The van der Waals surface area contributed by atoms with Gasteiger partial charge in [-0.2, -0.15) is 0 Å². The monoisotopic (exact) mass is 350 g/mol. The zero-order chi connectivity index (χ0) is 18.1. The summed E-state index contributed by atoms with van der Waals surface area (Å²) in [5.41, 5.74) is 3.59. The summed E-state index contributed by atoms with van der Waals surface area (Å²) in [5, 5.41) is 3.98. The molecule has 0 radical (unpaired) electrons. The molecule has 0 saturated carbocycles. The quantitative estimate of drug-likeness (QED) is 0.716. The molecule has 8 nitrogen and oxygen atoms in total. The maximum atomic E-state index is 12.8. The largest absolute Gasteiger partial charge is 0.361 e. The fourth-order valence-electron chi connectivity index (χ4n) is 3.40. The van der Waals surface area contributed by atoms with Crippen LogP contribution in [-0.2, 0) is 0 Å². The lowest BCUT2D eigenvalue weighted by Gasteiger charge is -2.24. The van der Waals surface area contributed by atoms with Gasteiger partial charge in [-0.05, 0) is 26.7 Å². The summed E-state index contributed by atoms with van der Waals surface area (Å²) in [4.78, 5) is 31.6. The summed E-state index contributed by atoms with van der Waals surface area (Å²) < 4.78 is 5.24. The standard InChI is InChI=1S/C18H18N6O2/c1-11-17(12(2)26-23-11)15-9-19-8-14(22-15)16-4-3-5-24(16)18(25)13-6-20-10-21-7-13/h6-10,16H,3-5H2,1-2H3. The Balaban J connectivity index is 1.67. The molecule has 1 amide bonds. The summed E-state index contributed by atoms with van der Waals surface area (Å²) in [7, 11) is 0. The number of likely N-dealkylation sites (tertiary alicyclic amines) is 1. The predicted molar refractivity (Wildman–Crippen MR) is 92.0 cm³/mol. The van der Waals surface area contributed by atoms with Crippen molar-refractivity contribution < 1.29 is 9.32 Å². The van der Waals surface area contributed by atoms with Crippen LogP contribution in [0.25, 0.3) is 11.3 Å². The van der Waals surface area contributed by atoms with Gasteiger partial charge in [0.15, 0.2) is 0 Å². The first kappa shape index (κ1) is 16.3.